The van der Waals surface area contributed by atoms with Gasteiger partial charge in [-0.3, -0.25) is 0 Å². The summed E-state index contributed by atoms with van der Waals surface area (Å²) in [5, 5.41) is 18.9. The second-order valence-electron chi connectivity index (χ2n) is 2.87. The molecule has 1 rings (SSSR count). The van der Waals surface area contributed by atoms with Crippen molar-refractivity contribution in [2.75, 3.05) is 14.2 Å². The van der Waals surface area contributed by atoms with Crippen molar-refractivity contribution in [1.29, 1.82) is 0 Å². The Morgan fingerprint density at radius 1 is 1.00 bits per heavy atom. The van der Waals surface area contributed by atoms with Crippen LogP contribution in [0.25, 0.3) is 0 Å². The summed E-state index contributed by atoms with van der Waals surface area (Å²) in [5.74, 6) is -2.66. The molecular formula is C10H10O6. The Kier molecular flexibility index (Phi) is 3.34. The van der Waals surface area contributed by atoms with Gasteiger partial charge in [0.2, 0.25) is 0 Å². The van der Waals surface area contributed by atoms with Gasteiger partial charge in [0.25, 0.3) is 0 Å². The number of hydrogen-bond acceptors (Lipinski definition) is 6. The number of rotatable bonds is 2. The van der Waals surface area contributed by atoms with E-state index in [0.717, 1.165) is 26.4 Å². The first-order chi connectivity index (χ1) is 7.51. The lowest BCUT2D eigenvalue weighted by molar-refractivity contribution is 0.0591. The monoisotopic (exact) mass is 226 g/mol. The highest BCUT2D eigenvalue weighted by molar-refractivity contribution is 6.00. The zero-order valence-electron chi connectivity index (χ0n) is 8.68. The Labute approximate surface area is 91.0 Å². The van der Waals surface area contributed by atoms with Crippen molar-refractivity contribution in [3.05, 3.63) is 23.3 Å². The highest BCUT2D eigenvalue weighted by Crippen LogP contribution is 2.28. The second-order valence-corrected chi connectivity index (χ2v) is 2.87. The molecular weight excluding hydrogens is 216 g/mol. The highest BCUT2D eigenvalue weighted by atomic mass is 16.5. The zero-order valence-corrected chi connectivity index (χ0v) is 8.68. The van der Waals surface area contributed by atoms with Crippen molar-refractivity contribution in [1.82, 2.24) is 0 Å². The summed E-state index contributed by atoms with van der Waals surface area (Å²) in [7, 11) is 2.23. The minimum Gasteiger partial charge on any atom is -0.508 e. The Hall–Kier alpha value is -2.24. The maximum atomic E-state index is 11.2. The molecule has 0 atom stereocenters. The Bertz CT molecular complexity index is 400. The molecule has 2 N–H and O–H groups in total. The van der Waals surface area contributed by atoms with Crippen LogP contribution in [0.1, 0.15) is 20.7 Å². The predicted octanol–water partition coefficient (Wildman–Crippen LogP) is 0.671. The van der Waals surface area contributed by atoms with E-state index >= 15 is 0 Å². The fraction of sp³-hybridized carbons (Fsp3) is 0.200. The summed E-state index contributed by atoms with van der Waals surface area (Å²) in [5.41, 5.74) is -0.606. The third-order valence-electron chi connectivity index (χ3n) is 1.91. The van der Waals surface area contributed by atoms with Gasteiger partial charge in [0.15, 0.2) is 0 Å². The van der Waals surface area contributed by atoms with E-state index in [1.165, 1.54) is 0 Å². The largest absolute Gasteiger partial charge is 0.508 e. The first-order valence-electron chi connectivity index (χ1n) is 4.23. The van der Waals surface area contributed by atoms with Crippen LogP contribution in [0.5, 0.6) is 11.5 Å². The average molecular weight is 226 g/mol. The van der Waals surface area contributed by atoms with Gasteiger partial charge in [0, 0.05) is 0 Å². The van der Waals surface area contributed by atoms with E-state index in [1.54, 1.807) is 0 Å². The summed E-state index contributed by atoms with van der Waals surface area (Å²) < 4.78 is 8.76. The molecule has 1 aromatic carbocycles. The molecule has 86 valence electrons. The lowest BCUT2D eigenvalue weighted by Crippen LogP contribution is -2.07. The van der Waals surface area contributed by atoms with E-state index < -0.39 is 17.7 Å². The van der Waals surface area contributed by atoms with Crippen LogP contribution in [0, 0.1) is 0 Å². The number of benzene rings is 1. The number of phenols is 2. The number of ether oxygens (including phenoxy) is 2. The summed E-state index contributed by atoms with van der Waals surface area (Å²) >= 11 is 0. The Morgan fingerprint density at radius 2 is 1.38 bits per heavy atom. The second kappa shape index (κ2) is 4.52. The van der Waals surface area contributed by atoms with Crippen LogP contribution >= 0.6 is 0 Å². The highest BCUT2D eigenvalue weighted by Gasteiger charge is 2.21. The van der Waals surface area contributed by atoms with Gasteiger partial charge >= 0.3 is 11.9 Å². The molecule has 0 unspecified atom stereocenters. The molecule has 0 fully saturated rings. The Morgan fingerprint density at radius 3 is 1.69 bits per heavy atom. The average Bonchev–Trinajstić information content (AvgIpc) is 2.29. The normalized spacial score (nSPS) is 9.62. The first-order valence-corrected chi connectivity index (χ1v) is 4.23. The summed E-state index contributed by atoms with van der Waals surface area (Å²) in [6.45, 7) is 0. The first kappa shape index (κ1) is 11.8. The van der Waals surface area contributed by atoms with Crippen molar-refractivity contribution < 1.29 is 29.3 Å². The Balaban J connectivity index is 3.37. The van der Waals surface area contributed by atoms with Crippen LogP contribution < -0.4 is 0 Å². The molecule has 0 spiro atoms. The molecule has 0 aliphatic rings. The molecule has 0 bridgehead atoms. The van der Waals surface area contributed by atoms with Crippen molar-refractivity contribution in [2.24, 2.45) is 0 Å². The molecule has 16 heavy (non-hydrogen) atoms. The molecule has 1 aromatic rings. The van der Waals surface area contributed by atoms with E-state index in [9.17, 15) is 19.8 Å². The molecule has 0 radical (unpaired) electrons. The maximum Gasteiger partial charge on any atom is 0.341 e. The van der Waals surface area contributed by atoms with E-state index in [0.29, 0.717) is 0 Å². The van der Waals surface area contributed by atoms with E-state index in [1.807, 2.05) is 0 Å². The maximum absolute atomic E-state index is 11.2. The number of esters is 2. The van der Waals surface area contributed by atoms with Crippen LogP contribution in [-0.2, 0) is 9.47 Å². The van der Waals surface area contributed by atoms with E-state index in [2.05, 4.69) is 9.47 Å². The van der Waals surface area contributed by atoms with Gasteiger partial charge in [-0.1, -0.05) is 0 Å². The molecule has 6 heteroatoms. The van der Waals surface area contributed by atoms with Crippen LogP contribution in [0.15, 0.2) is 12.1 Å². The third-order valence-corrected chi connectivity index (χ3v) is 1.91. The van der Waals surface area contributed by atoms with Gasteiger partial charge in [0.05, 0.1) is 14.2 Å². The quantitative estimate of drug-likeness (QED) is 0.568. The van der Waals surface area contributed by atoms with E-state index in [-0.39, 0.29) is 16.9 Å². The standard InChI is InChI=1S/C10H10O6/c1-15-9(13)6-3-5(11)4-7(8(6)12)10(14)16-2/h3-4,11-12H,1-2H3. The summed E-state index contributed by atoms with van der Waals surface area (Å²) in [6.07, 6.45) is 0. The summed E-state index contributed by atoms with van der Waals surface area (Å²) in [6, 6.07) is 1.99. The SMILES string of the molecule is COC(=O)c1cc(O)cc(C(=O)OC)c1O. The number of methoxy groups -OCH3 is 2. The van der Waals surface area contributed by atoms with Crippen LogP contribution in [0.2, 0.25) is 0 Å². The van der Waals surface area contributed by atoms with Gasteiger partial charge in [-0.15, -0.1) is 0 Å². The van der Waals surface area contributed by atoms with Gasteiger partial charge < -0.3 is 19.7 Å². The topological polar surface area (TPSA) is 93.1 Å². The summed E-state index contributed by atoms with van der Waals surface area (Å²) in [4.78, 5) is 22.4. The van der Waals surface area contributed by atoms with Crippen molar-refractivity contribution in [2.45, 2.75) is 0 Å². The van der Waals surface area contributed by atoms with Crippen LogP contribution in [0.3, 0.4) is 0 Å². The molecule has 0 saturated heterocycles. The van der Waals surface area contributed by atoms with Gasteiger partial charge in [-0.05, 0) is 12.1 Å². The fourth-order valence-electron chi connectivity index (χ4n) is 1.15. The van der Waals surface area contributed by atoms with Crippen molar-refractivity contribution in [3.63, 3.8) is 0 Å². The minimum absolute atomic E-state index is 0.303. The molecule has 0 aliphatic heterocycles. The van der Waals surface area contributed by atoms with Crippen LogP contribution in [0.4, 0.5) is 0 Å². The number of carbonyl (C=O) groups excluding carboxylic acids is 2. The molecule has 0 amide bonds. The van der Waals surface area contributed by atoms with Gasteiger partial charge in [0.1, 0.15) is 22.6 Å². The lowest BCUT2D eigenvalue weighted by Gasteiger charge is -2.07. The van der Waals surface area contributed by atoms with Crippen LogP contribution in [-0.4, -0.2) is 36.4 Å². The molecule has 0 saturated carbocycles. The third kappa shape index (κ3) is 2.05. The fourth-order valence-corrected chi connectivity index (χ4v) is 1.15. The number of carbonyl (C=O) groups is 2. The molecule has 0 aromatic heterocycles. The lowest BCUT2D eigenvalue weighted by atomic mass is 10.1. The van der Waals surface area contributed by atoms with Crippen molar-refractivity contribution >= 4 is 11.9 Å². The number of phenolic OH excluding ortho intramolecular Hbond substituents is 2. The minimum atomic E-state index is -0.862. The van der Waals surface area contributed by atoms with Gasteiger partial charge in [-0.25, -0.2) is 9.59 Å². The van der Waals surface area contributed by atoms with Crippen molar-refractivity contribution in [3.8, 4) is 11.5 Å². The number of aromatic hydroxyl groups is 2. The molecule has 0 aliphatic carbocycles. The van der Waals surface area contributed by atoms with E-state index in [4.69, 9.17) is 0 Å². The number of hydrogen-bond donors (Lipinski definition) is 2. The predicted molar refractivity (Wildman–Crippen MR) is 52.5 cm³/mol. The van der Waals surface area contributed by atoms with Gasteiger partial charge in [-0.2, -0.15) is 0 Å². The zero-order chi connectivity index (χ0) is 12.3. The molecule has 0 heterocycles. The molecule has 6 nitrogen and oxygen atoms in total. The smallest absolute Gasteiger partial charge is 0.341 e.